The number of hydrogen-bond donors (Lipinski definition) is 0. The van der Waals surface area contributed by atoms with Crippen molar-refractivity contribution in [3.8, 4) is 0 Å². The third kappa shape index (κ3) is 1.34. The molecule has 2 fully saturated rings. The fraction of sp³-hybridized carbons (Fsp3) is 1.00. The van der Waals surface area contributed by atoms with Crippen LogP contribution in [-0.4, -0.2) is 36.2 Å². The van der Waals surface area contributed by atoms with Gasteiger partial charge in [-0.1, -0.05) is 20.8 Å². The minimum absolute atomic E-state index is 0.00998. The third-order valence-electron chi connectivity index (χ3n) is 5.85. The van der Waals surface area contributed by atoms with Crippen LogP contribution in [0.4, 0.5) is 0 Å². The molecule has 6 nitrogen and oxygen atoms in total. The molecule has 0 N–H and O–H groups in total. The summed E-state index contributed by atoms with van der Waals surface area (Å²) in [6, 6.07) is -0.0783. The first-order valence-corrected chi connectivity index (χ1v) is 6.43. The first-order chi connectivity index (χ1) is 8.31. The molecule has 0 aromatic heterocycles. The highest BCUT2D eigenvalue weighted by atomic mass is 16.3. The Morgan fingerprint density at radius 3 is 2.11 bits per heavy atom. The van der Waals surface area contributed by atoms with Gasteiger partial charge in [-0.3, -0.25) is 10.0 Å². The zero-order chi connectivity index (χ0) is 13.7. The molecule has 0 amide bonds. The fourth-order valence-electron chi connectivity index (χ4n) is 4.49. The molecular formula is C12H22N4O2. The van der Waals surface area contributed by atoms with Crippen LogP contribution in [0.2, 0.25) is 0 Å². The second kappa shape index (κ2) is 3.90. The zero-order valence-electron chi connectivity index (χ0n) is 11.8. The number of hydrogen-bond acceptors (Lipinski definition) is 4. The Balaban J connectivity index is 2.47. The largest absolute Gasteiger partial charge is 0.258 e. The summed E-state index contributed by atoms with van der Waals surface area (Å²) in [5.41, 5.74) is 0.0736. The quantitative estimate of drug-likeness (QED) is 0.571. The van der Waals surface area contributed by atoms with Gasteiger partial charge in [-0.2, -0.15) is 0 Å². The van der Waals surface area contributed by atoms with E-state index in [1.807, 2.05) is 0 Å². The van der Waals surface area contributed by atoms with Gasteiger partial charge in [0.2, 0.25) is 0 Å². The van der Waals surface area contributed by atoms with E-state index in [2.05, 4.69) is 31.3 Å². The minimum Gasteiger partial charge on any atom is -0.258 e. The highest BCUT2D eigenvalue weighted by Crippen LogP contribution is 2.67. The summed E-state index contributed by atoms with van der Waals surface area (Å²) in [6.07, 6.45) is 2.15. The minimum atomic E-state index is -0.0496. The maximum Gasteiger partial charge on any atom is 0.0781 e. The average Bonchev–Trinajstić information content (AvgIpc) is 2.67. The van der Waals surface area contributed by atoms with E-state index in [9.17, 15) is 9.81 Å². The van der Waals surface area contributed by atoms with Crippen molar-refractivity contribution in [3.05, 3.63) is 9.81 Å². The molecule has 0 aliphatic heterocycles. The highest BCUT2D eigenvalue weighted by Gasteiger charge is 2.68. The summed E-state index contributed by atoms with van der Waals surface area (Å²) in [6.45, 7) is 6.67. The van der Waals surface area contributed by atoms with Crippen molar-refractivity contribution in [2.24, 2.45) is 27.3 Å². The molecule has 0 aromatic carbocycles. The molecule has 18 heavy (non-hydrogen) atoms. The van der Waals surface area contributed by atoms with Gasteiger partial charge < -0.3 is 0 Å². The molecule has 0 saturated heterocycles. The van der Waals surface area contributed by atoms with E-state index in [-0.39, 0.29) is 22.9 Å². The second-order valence-electron chi connectivity index (χ2n) is 6.53. The van der Waals surface area contributed by atoms with E-state index < -0.39 is 0 Å². The first kappa shape index (κ1) is 13.2. The Morgan fingerprint density at radius 1 is 1.06 bits per heavy atom. The van der Waals surface area contributed by atoms with E-state index in [4.69, 9.17) is 0 Å². The van der Waals surface area contributed by atoms with E-state index >= 15 is 0 Å². The van der Waals surface area contributed by atoms with Crippen LogP contribution in [0.3, 0.4) is 0 Å². The summed E-state index contributed by atoms with van der Waals surface area (Å²) in [7, 11) is 3.40. The summed E-state index contributed by atoms with van der Waals surface area (Å²) in [5, 5.41) is 9.10. The van der Waals surface area contributed by atoms with Crippen molar-refractivity contribution >= 4 is 0 Å². The zero-order valence-corrected chi connectivity index (χ0v) is 11.8. The average molecular weight is 254 g/mol. The molecule has 2 aliphatic carbocycles. The molecule has 2 bridgehead atoms. The number of nitrogens with zero attached hydrogens (tertiary/aromatic N) is 4. The Bertz CT molecular complexity index is 373. The van der Waals surface area contributed by atoms with Gasteiger partial charge in [0, 0.05) is 14.1 Å². The van der Waals surface area contributed by atoms with Crippen molar-refractivity contribution in [2.45, 2.75) is 45.7 Å². The van der Waals surface area contributed by atoms with Gasteiger partial charge in [0.1, 0.15) is 0 Å². The predicted molar refractivity (Wildman–Crippen MR) is 69.3 cm³/mol. The van der Waals surface area contributed by atoms with Crippen LogP contribution >= 0.6 is 0 Å². The maximum atomic E-state index is 10.9. The monoisotopic (exact) mass is 254 g/mol. The van der Waals surface area contributed by atoms with Gasteiger partial charge in [-0.25, -0.2) is 0 Å². The summed E-state index contributed by atoms with van der Waals surface area (Å²) < 4.78 is 0. The standard InChI is InChI=1S/C12H22N4O2/c1-11(2)8-6-7-12(11,3)10(16(5)14-18)9(8)15(4)13-17/h8-10H,6-7H2,1-5H3/t8-,9+,10+,12-/m0/s1. The van der Waals surface area contributed by atoms with Gasteiger partial charge in [0.05, 0.1) is 22.7 Å². The van der Waals surface area contributed by atoms with Gasteiger partial charge in [-0.05, 0) is 29.6 Å². The molecule has 0 spiro atoms. The number of fused-ring (bicyclic) bond motifs is 2. The van der Waals surface area contributed by atoms with E-state index in [1.165, 1.54) is 10.0 Å². The van der Waals surface area contributed by atoms with Gasteiger partial charge in [0.15, 0.2) is 0 Å². The van der Waals surface area contributed by atoms with Crippen LogP contribution in [0.1, 0.15) is 33.6 Å². The van der Waals surface area contributed by atoms with Crippen molar-refractivity contribution in [1.29, 1.82) is 0 Å². The smallest absolute Gasteiger partial charge is 0.0781 e. The molecular weight excluding hydrogens is 232 g/mol. The molecule has 0 unspecified atom stereocenters. The lowest BCUT2D eigenvalue weighted by Gasteiger charge is -2.43. The van der Waals surface area contributed by atoms with E-state index in [1.54, 1.807) is 14.1 Å². The molecule has 2 aliphatic rings. The lowest BCUT2D eigenvalue weighted by atomic mass is 9.69. The molecule has 0 heterocycles. The number of rotatable bonds is 4. The highest BCUT2D eigenvalue weighted by molar-refractivity contribution is 5.19. The molecule has 0 radical (unpaired) electrons. The van der Waals surface area contributed by atoms with Gasteiger partial charge >= 0.3 is 0 Å². The lowest BCUT2D eigenvalue weighted by molar-refractivity contribution is 0.0243. The van der Waals surface area contributed by atoms with Crippen LogP contribution in [0.15, 0.2) is 10.6 Å². The predicted octanol–water partition coefficient (Wildman–Crippen LogP) is 2.41. The summed E-state index contributed by atoms with van der Waals surface area (Å²) in [5.74, 6) is 0.374. The molecule has 102 valence electrons. The topological polar surface area (TPSA) is 65.3 Å². The SMILES string of the molecule is CN(N=O)[C@@H]1[C@@H]2CC[C@@](C)([C@@H]1N(C)N=O)C2(C)C. The molecule has 4 atom stereocenters. The number of likely N-dealkylation sites (N-methyl/N-ethyl adjacent to an activating group) is 2. The van der Waals surface area contributed by atoms with E-state index in [0.29, 0.717) is 5.92 Å². The second-order valence-corrected chi connectivity index (χ2v) is 6.53. The third-order valence-corrected chi connectivity index (χ3v) is 5.85. The number of nitroso groups, excluding NO2 is 2. The lowest BCUT2D eigenvalue weighted by Crippen LogP contribution is -2.52. The van der Waals surface area contributed by atoms with Gasteiger partial charge in [-0.15, -0.1) is 9.81 Å². The molecule has 6 heteroatoms. The van der Waals surface area contributed by atoms with E-state index in [0.717, 1.165) is 12.8 Å². The Kier molecular flexibility index (Phi) is 2.87. The van der Waals surface area contributed by atoms with Crippen molar-refractivity contribution in [2.75, 3.05) is 14.1 Å². The van der Waals surface area contributed by atoms with Crippen molar-refractivity contribution in [1.82, 2.24) is 10.0 Å². The first-order valence-electron chi connectivity index (χ1n) is 6.43. The molecule has 2 rings (SSSR count). The Hall–Kier alpha value is -1.20. The Morgan fingerprint density at radius 2 is 1.61 bits per heavy atom. The van der Waals surface area contributed by atoms with Crippen LogP contribution in [0.25, 0.3) is 0 Å². The summed E-state index contributed by atoms with van der Waals surface area (Å²) in [4.78, 5) is 21.8. The van der Waals surface area contributed by atoms with Crippen molar-refractivity contribution < 1.29 is 0 Å². The fourth-order valence-corrected chi connectivity index (χ4v) is 4.49. The van der Waals surface area contributed by atoms with Crippen LogP contribution in [-0.2, 0) is 0 Å². The maximum absolute atomic E-state index is 10.9. The van der Waals surface area contributed by atoms with Crippen LogP contribution < -0.4 is 0 Å². The van der Waals surface area contributed by atoms with Crippen LogP contribution in [0, 0.1) is 26.6 Å². The Labute approximate surface area is 108 Å². The van der Waals surface area contributed by atoms with Gasteiger partial charge in [0.25, 0.3) is 0 Å². The molecule has 0 aromatic rings. The molecule has 2 saturated carbocycles. The van der Waals surface area contributed by atoms with Crippen molar-refractivity contribution in [3.63, 3.8) is 0 Å². The summed E-state index contributed by atoms with van der Waals surface area (Å²) >= 11 is 0. The van der Waals surface area contributed by atoms with Crippen LogP contribution in [0.5, 0.6) is 0 Å². The normalized spacial score (nSPS) is 40.6.